The molecule has 0 atom stereocenters. The number of phenolic OH excluding ortho intramolecular Hbond substituents is 1. The highest BCUT2D eigenvalue weighted by Crippen LogP contribution is 2.38. The molecule has 5 N–H and O–H groups in total. The second kappa shape index (κ2) is 22.9. The van der Waals surface area contributed by atoms with Crippen LogP contribution in [0.1, 0.15) is 57.6 Å². The third kappa shape index (κ3) is 11.7. The van der Waals surface area contributed by atoms with E-state index in [0.717, 1.165) is 60.8 Å². The third-order valence-corrected chi connectivity index (χ3v) is 12.6. The first-order valence-electron chi connectivity index (χ1n) is 22.6. The number of aromatic nitrogens is 3. The molecule has 0 aliphatic carbocycles. The maximum atomic E-state index is 13.5. The number of phenols is 1. The Balaban J connectivity index is 0.734. The van der Waals surface area contributed by atoms with Crippen LogP contribution >= 0.6 is 11.3 Å². The SMILES string of the molecule is CCc1c(-c2ccc(C(=O)NCCOCCOCCOCCOCCNCc3ccc4c(c3)c3ccc(-c5cc(C)c(C)s5)cc3n4C(=O)C(C)C)nc2)cnc(N)c1-c1ccc(O)cc1. The van der Waals surface area contributed by atoms with Crippen molar-refractivity contribution in [3.8, 4) is 38.4 Å². The molecular formula is C52H60N6O7S. The maximum Gasteiger partial charge on any atom is 0.269 e. The van der Waals surface area contributed by atoms with Gasteiger partial charge in [-0.25, -0.2) is 4.98 Å². The number of hydrogen-bond donors (Lipinski definition) is 4. The summed E-state index contributed by atoms with van der Waals surface area (Å²) in [7, 11) is 0. The van der Waals surface area contributed by atoms with Crippen molar-refractivity contribution in [2.24, 2.45) is 5.92 Å². The Labute approximate surface area is 390 Å². The van der Waals surface area contributed by atoms with Crippen molar-refractivity contribution >= 4 is 50.8 Å². The first-order valence-corrected chi connectivity index (χ1v) is 23.4. The summed E-state index contributed by atoms with van der Waals surface area (Å²) in [6, 6.07) is 25.5. The van der Waals surface area contributed by atoms with Gasteiger partial charge in [0.05, 0.1) is 63.9 Å². The van der Waals surface area contributed by atoms with Gasteiger partial charge in [0.25, 0.3) is 5.91 Å². The van der Waals surface area contributed by atoms with Crippen LogP contribution in [0.3, 0.4) is 0 Å². The van der Waals surface area contributed by atoms with Gasteiger partial charge in [-0.1, -0.05) is 57.2 Å². The number of thiophene rings is 1. The number of nitrogens with zero attached hydrogens (tertiary/aromatic N) is 3. The Morgan fingerprint density at radius 2 is 1.41 bits per heavy atom. The molecular weight excluding hydrogens is 853 g/mol. The molecule has 0 aliphatic rings. The number of anilines is 1. The fraction of sp³-hybridized carbons (Fsp3) is 0.346. The number of amides is 1. The average molecular weight is 913 g/mol. The quantitative estimate of drug-likeness (QED) is 0.0452. The molecule has 0 spiro atoms. The van der Waals surface area contributed by atoms with Gasteiger partial charge in [0, 0.05) is 75.2 Å². The Hall–Kier alpha value is -6.00. The number of nitrogen functional groups attached to an aromatic ring is 1. The maximum absolute atomic E-state index is 13.5. The highest BCUT2D eigenvalue weighted by Gasteiger charge is 2.21. The fourth-order valence-electron chi connectivity index (χ4n) is 7.83. The number of fused-ring (bicyclic) bond motifs is 3. The van der Waals surface area contributed by atoms with Crippen molar-refractivity contribution in [1.82, 2.24) is 25.2 Å². The lowest BCUT2D eigenvalue weighted by Crippen LogP contribution is -2.28. The molecule has 0 saturated heterocycles. The zero-order chi connectivity index (χ0) is 46.6. The number of nitrogens with one attached hydrogen (secondary N) is 2. The van der Waals surface area contributed by atoms with Gasteiger partial charge in [-0.05, 0) is 90.6 Å². The molecule has 0 unspecified atom stereocenters. The number of carbonyl (C=O) groups excluding carboxylic acids is 2. The largest absolute Gasteiger partial charge is 0.508 e. The van der Waals surface area contributed by atoms with E-state index >= 15 is 0 Å². The van der Waals surface area contributed by atoms with E-state index < -0.39 is 0 Å². The number of rotatable bonds is 23. The Morgan fingerprint density at radius 3 is 2.05 bits per heavy atom. The van der Waals surface area contributed by atoms with Gasteiger partial charge in [-0.2, -0.15) is 0 Å². The summed E-state index contributed by atoms with van der Waals surface area (Å²) >= 11 is 1.79. The number of pyridine rings is 2. The minimum atomic E-state index is -0.292. The van der Waals surface area contributed by atoms with Gasteiger partial charge >= 0.3 is 0 Å². The Bertz CT molecular complexity index is 2730. The standard InChI is InChI=1S/C52H60N6O7S/c1-6-41-44(32-57-50(53)49(41)37-8-12-40(59)13-9-37)39-11-15-45(56-31-39)51(60)55-18-20-63-22-24-65-26-25-64-23-21-62-19-17-54-30-36-7-16-46-43(28-36)42-14-10-38(48-27-34(4)35(5)66-48)29-47(42)58(46)52(61)33(2)3/h7-16,27-29,31-33,54,59H,6,17-26,30H2,1-5H3,(H2,53,57)(H,55,60). The highest BCUT2D eigenvalue weighted by atomic mass is 32.1. The number of aromatic hydroxyl groups is 1. The fourth-order valence-corrected chi connectivity index (χ4v) is 8.86. The molecule has 0 aliphatic heterocycles. The van der Waals surface area contributed by atoms with E-state index in [1.807, 2.05) is 43.5 Å². The summed E-state index contributed by atoms with van der Waals surface area (Å²) in [5.74, 6) is 0.254. The lowest BCUT2D eigenvalue weighted by molar-refractivity contribution is -0.00106. The van der Waals surface area contributed by atoms with Crippen LogP contribution in [0, 0.1) is 19.8 Å². The summed E-state index contributed by atoms with van der Waals surface area (Å²) in [6.07, 6.45) is 4.09. The molecule has 346 valence electrons. The van der Waals surface area contributed by atoms with Crippen LogP contribution in [-0.4, -0.2) is 97.4 Å². The van der Waals surface area contributed by atoms with Crippen LogP contribution in [0.2, 0.25) is 0 Å². The number of hydrogen-bond acceptors (Lipinski definition) is 12. The van der Waals surface area contributed by atoms with Crippen LogP contribution in [0.5, 0.6) is 5.75 Å². The van der Waals surface area contributed by atoms with Crippen LogP contribution < -0.4 is 16.4 Å². The normalized spacial score (nSPS) is 11.6. The minimum absolute atomic E-state index is 0.0917. The zero-order valence-electron chi connectivity index (χ0n) is 38.4. The first-order chi connectivity index (χ1) is 32.0. The molecule has 7 aromatic rings. The number of ether oxygens (including phenoxy) is 4. The lowest BCUT2D eigenvalue weighted by atomic mass is 9.92. The number of nitrogens with two attached hydrogens (primary N) is 1. The van der Waals surface area contributed by atoms with Crippen molar-refractivity contribution in [3.63, 3.8) is 0 Å². The van der Waals surface area contributed by atoms with Crippen molar-refractivity contribution in [2.75, 3.05) is 71.7 Å². The van der Waals surface area contributed by atoms with Gasteiger partial charge in [0.2, 0.25) is 5.91 Å². The van der Waals surface area contributed by atoms with Crippen LogP contribution in [0.4, 0.5) is 5.82 Å². The van der Waals surface area contributed by atoms with E-state index in [2.05, 4.69) is 76.9 Å². The van der Waals surface area contributed by atoms with E-state index in [1.165, 1.54) is 15.3 Å². The molecule has 0 saturated carbocycles. The van der Waals surface area contributed by atoms with Gasteiger partial charge in [0.1, 0.15) is 17.3 Å². The molecule has 0 fully saturated rings. The average Bonchev–Trinajstić information content (AvgIpc) is 3.84. The number of carbonyl (C=O) groups is 2. The highest BCUT2D eigenvalue weighted by molar-refractivity contribution is 7.15. The topological polar surface area (TPSA) is 172 Å². The van der Waals surface area contributed by atoms with Crippen molar-refractivity contribution < 1.29 is 33.6 Å². The van der Waals surface area contributed by atoms with E-state index in [4.69, 9.17) is 24.7 Å². The van der Waals surface area contributed by atoms with E-state index in [9.17, 15) is 14.7 Å². The Kier molecular flexibility index (Phi) is 16.7. The number of benzene rings is 3. The first kappa shape index (κ1) is 47.9. The smallest absolute Gasteiger partial charge is 0.269 e. The van der Waals surface area contributed by atoms with E-state index in [-0.39, 0.29) is 23.5 Å². The predicted molar refractivity (Wildman–Crippen MR) is 263 cm³/mol. The molecule has 7 rings (SSSR count). The molecule has 4 heterocycles. The van der Waals surface area contributed by atoms with Gasteiger partial charge in [-0.15, -0.1) is 11.3 Å². The molecule has 1 amide bonds. The number of aryl methyl sites for hydroxylation is 2. The van der Waals surface area contributed by atoms with E-state index in [0.29, 0.717) is 90.4 Å². The predicted octanol–water partition coefficient (Wildman–Crippen LogP) is 9.00. The molecule has 4 aromatic heterocycles. The molecule has 3 aromatic carbocycles. The molecule has 0 bridgehead atoms. The van der Waals surface area contributed by atoms with Crippen molar-refractivity contribution in [1.29, 1.82) is 0 Å². The molecule has 14 heteroatoms. The van der Waals surface area contributed by atoms with Crippen molar-refractivity contribution in [3.05, 3.63) is 119 Å². The van der Waals surface area contributed by atoms with Gasteiger partial charge in [0.15, 0.2) is 0 Å². The lowest BCUT2D eigenvalue weighted by Gasteiger charge is -2.16. The summed E-state index contributed by atoms with van der Waals surface area (Å²) in [6.45, 7) is 15.5. The Morgan fingerprint density at radius 1 is 0.742 bits per heavy atom. The summed E-state index contributed by atoms with van der Waals surface area (Å²) < 4.78 is 24.5. The summed E-state index contributed by atoms with van der Waals surface area (Å²) in [5, 5.41) is 18.2. The van der Waals surface area contributed by atoms with Gasteiger partial charge < -0.3 is 40.4 Å². The van der Waals surface area contributed by atoms with E-state index in [1.54, 1.807) is 41.9 Å². The van der Waals surface area contributed by atoms with Crippen LogP contribution in [0.15, 0.2) is 91.3 Å². The van der Waals surface area contributed by atoms with Crippen LogP contribution in [0.25, 0.3) is 54.5 Å². The minimum Gasteiger partial charge on any atom is -0.508 e. The summed E-state index contributed by atoms with van der Waals surface area (Å²) in [4.78, 5) is 37.6. The van der Waals surface area contributed by atoms with Gasteiger partial charge in [-0.3, -0.25) is 19.1 Å². The van der Waals surface area contributed by atoms with Crippen molar-refractivity contribution in [2.45, 2.75) is 47.6 Å². The molecule has 0 radical (unpaired) electrons. The third-order valence-electron chi connectivity index (χ3n) is 11.4. The second-order valence-corrected chi connectivity index (χ2v) is 17.6. The molecule has 13 nitrogen and oxygen atoms in total. The molecule has 66 heavy (non-hydrogen) atoms. The summed E-state index contributed by atoms with van der Waals surface area (Å²) in [5.41, 5.74) is 16.4. The second-order valence-electron chi connectivity index (χ2n) is 16.4. The van der Waals surface area contributed by atoms with Crippen LogP contribution in [-0.2, 0) is 31.9 Å². The zero-order valence-corrected chi connectivity index (χ0v) is 39.3. The monoisotopic (exact) mass is 912 g/mol.